The fourth-order valence-corrected chi connectivity index (χ4v) is 3.04. The zero-order chi connectivity index (χ0) is 13.2. The maximum absolute atomic E-state index is 11.4. The van der Waals surface area contributed by atoms with E-state index in [1.54, 1.807) is 6.20 Å². The quantitative estimate of drug-likeness (QED) is 0.532. The highest BCUT2D eigenvalue weighted by Gasteiger charge is 2.33. The molecule has 6 nitrogen and oxygen atoms in total. The van der Waals surface area contributed by atoms with Crippen LogP contribution < -0.4 is 21.5 Å². The Bertz CT molecular complexity index is 478. The number of anilines is 2. The van der Waals surface area contributed by atoms with Crippen molar-refractivity contribution in [1.29, 1.82) is 0 Å². The molecule has 3 heterocycles. The third-order valence-corrected chi connectivity index (χ3v) is 4.08. The lowest BCUT2D eigenvalue weighted by Crippen LogP contribution is -2.54. The molecule has 0 aliphatic carbocycles. The SMILES string of the molecule is NNc1cc(N2CCC3NC(=O)CCC3C2)ccn1. The van der Waals surface area contributed by atoms with Gasteiger partial charge in [0.25, 0.3) is 0 Å². The number of pyridine rings is 1. The predicted molar refractivity (Wildman–Crippen MR) is 73.5 cm³/mol. The van der Waals surface area contributed by atoms with Gasteiger partial charge in [0.05, 0.1) is 0 Å². The monoisotopic (exact) mass is 261 g/mol. The van der Waals surface area contributed by atoms with Gasteiger partial charge in [-0.1, -0.05) is 0 Å². The Morgan fingerprint density at radius 1 is 1.47 bits per heavy atom. The van der Waals surface area contributed by atoms with Crippen LogP contribution in [-0.2, 0) is 4.79 Å². The highest BCUT2D eigenvalue weighted by Crippen LogP contribution is 2.29. The van der Waals surface area contributed by atoms with Gasteiger partial charge in [0.2, 0.25) is 5.91 Å². The summed E-state index contributed by atoms with van der Waals surface area (Å²) in [6.45, 7) is 1.94. The molecule has 2 aliphatic heterocycles. The first kappa shape index (κ1) is 12.2. The highest BCUT2D eigenvalue weighted by molar-refractivity contribution is 5.77. The second-order valence-electron chi connectivity index (χ2n) is 5.25. The molecule has 0 bridgehead atoms. The minimum Gasteiger partial charge on any atom is -0.371 e. The predicted octanol–water partition coefficient (Wildman–Crippen LogP) is 0.472. The Kier molecular flexibility index (Phi) is 3.25. The van der Waals surface area contributed by atoms with E-state index >= 15 is 0 Å². The molecule has 1 aromatic heterocycles. The molecule has 19 heavy (non-hydrogen) atoms. The smallest absolute Gasteiger partial charge is 0.220 e. The summed E-state index contributed by atoms with van der Waals surface area (Å²) in [6.07, 6.45) is 4.41. The maximum atomic E-state index is 11.4. The van der Waals surface area contributed by atoms with Gasteiger partial charge in [-0.3, -0.25) is 4.79 Å². The molecule has 1 amide bonds. The zero-order valence-corrected chi connectivity index (χ0v) is 10.8. The molecule has 2 fully saturated rings. The first-order chi connectivity index (χ1) is 9.26. The number of hydrogen-bond donors (Lipinski definition) is 3. The Hall–Kier alpha value is -1.82. The number of hydrogen-bond acceptors (Lipinski definition) is 5. The van der Waals surface area contributed by atoms with E-state index in [0.29, 0.717) is 24.2 Å². The summed E-state index contributed by atoms with van der Waals surface area (Å²) in [5.74, 6) is 6.82. The number of carbonyl (C=O) groups excluding carboxylic acids is 1. The number of amides is 1. The number of nitrogens with one attached hydrogen (secondary N) is 2. The van der Waals surface area contributed by atoms with Crippen LogP contribution in [-0.4, -0.2) is 30.0 Å². The minimum absolute atomic E-state index is 0.202. The summed E-state index contributed by atoms with van der Waals surface area (Å²) in [5.41, 5.74) is 3.71. The molecule has 0 radical (unpaired) electrons. The molecular weight excluding hydrogens is 242 g/mol. The van der Waals surface area contributed by atoms with E-state index in [1.807, 2.05) is 12.1 Å². The van der Waals surface area contributed by atoms with Gasteiger partial charge in [0, 0.05) is 43.5 Å². The Balaban J connectivity index is 1.72. The van der Waals surface area contributed by atoms with Gasteiger partial charge in [-0.2, -0.15) is 0 Å². The van der Waals surface area contributed by atoms with Crippen LogP contribution in [0.5, 0.6) is 0 Å². The van der Waals surface area contributed by atoms with Crippen molar-refractivity contribution in [1.82, 2.24) is 10.3 Å². The molecule has 2 saturated heterocycles. The number of piperidine rings is 2. The van der Waals surface area contributed by atoms with Gasteiger partial charge in [0.1, 0.15) is 5.82 Å². The van der Waals surface area contributed by atoms with Crippen molar-refractivity contribution in [3.05, 3.63) is 18.3 Å². The lowest BCUT2D eigenvalue weighted by Gasteiger charge is -2.42. The van der Waals surface area contributed by atoms with Gasteiger partial charge in [-0.25, -0.2) is 10.8 Å². The lowest BCUT2D eigenvalue weighted by molar-refractivity contribution is -0.124. The highest BCUT2D eigenvalue weighted by atomic mass is 16.1. The maximum Gasteiger partial charge on any atom is 0.220 e. The first-order valence-electron chi connectivity index (χ1n) is 6.73. The van der Waals surface area contributed by atoms with E-state index in [-0.39, 0.29) is 5.91 Å². The van der Waals surface area contributed by atoms with E-state index in [4.69, 9.17) is 5.84 Å². The number of aromatic nitrogens is 1. The number of nitrogens with two attached hydrogens (primary N) is 1. The fourth-order valence-electron chi connectivity index (χ4n) is 3.04. The molecule has 2 atom stereocenters. The van der Waals surface area contributed by atoms with Crippen molar-refractivity contribution in [2.24, 2.45) is 11.8 Å². The standard InChI is InChI=1S/C13H19N5O/c14-17-12-7-10(3-5-15-12)18-6-4-11-9(8-18)1-2-13(19)16-11/h3,5,7,9,11H,1-2,4,6,8,14H2,(H,15,17)(H,16,19). The van der Waals surface area contributed by atoms with Crippen molar-refractivity contribution in [2.45, 2.75) is 25.3 Å². The van der Waals surface area contributed by atoms with E-state index in [2.05, 4.69) is 20.6 Å². The van der Waals surface area contributed by atoms with Crippen molar-refractivity contribution in [3.63, 3.8) is 0 Å². The number of nitrogens with zero attached hydrogens (tertiary/aromatic N) is 2. The first-order valence-corrected chi connectivity index (χ1v) is 6.73. The lowest BCUT2D eigenvalue weighted by atomic mass is 9.85. The van der Waals surface area contributed by atoms with E-state index in [0.717, 1.165) is 31.6 Å². The van der Waals surface area contributed by atoms with Gasteiger partial charge in [0.15, 0.2) is 0 Å². The normalized spacial score (nSPS) is 26.6. The van der Waals surface area contributed by atoms with Crippen LogP contribution in [0.1, 0.15) is 19.3 Å². The fraction of sp³-hybridized carbons (Fsp3) is 0.538. The number of nitrogen functional groups attached to an aromatic ring is 1. The van der Waals surface area contributed by atoms with Crippen LogP contribution in [0, 0.1) is 5.92 Å². The second kappa shape index (κ2) is 5.05. The summed E-state index contributed by atoms with van der Waals surface area (Å²) < 4.78 is 0. The van der Waals surface area contributed by atoms with E-state index in [9.17, 15) is 4.79 Å². The zero-order valence-electron chi connectivity index (χ0n) is 10.8. The van der Waals surface area contributed by atoms with Crippen molar-refractivity contribution in [2.75, 3.05) is 23.4 Å². The van der Waals surface area contributed by atoms with Crippen LogP contribution in [0.3, 0.4) is 0 Å². The van der Waals surface area contributed by atoms with Crippen molar-refractivity contribution >= 4 is 17.4 Å². The molecule has 2 unspecified atom stereocenters. The minimum atomic E-state index is 0.202. The van der Waals surface area contributed by atoms with Crippen molar-refractivity contribution in [3.8, 4) is 0 Å². The Labute approximate surface area is 112 Å². The number of fused-ring (bicyclic) bond motifs is 1. The largest absolute Gasteiger partial charge is 0.371 e. The van der Waals surface area contributed by atoms with E-state index in [1.165, 1.54) is 0 Å². The van der Waals surface area contributed by atoms with Gasteiger partial charge in [-0.15, -0.1) is 0 Å². The molecule has 0 spiro atoms. The third-order valence-electron chi connectivity index (χ3n) is 4.08. The second-order valence-corrected chi connectivity index (χ2v) is 5.25. The molecule has 102 valence electrons. The number of hydrazine groups is 1. The summed E-state index contributed by atoms with van der Waals surface area (Å²) >= 11 is 0. The molecule has 1 aromatic rings. The van der Waals surface area contributed by atoms with Crippen molar-refractivity contribution < 1.29 is 4.79 Å². The van der Waals surface area contributed by atoms with Crippen LogP contribution in [0.25, 0.3) is 0 Å². The summed E-state index contributed by atoms with van der Waals surface area (Å²) in [4.78, 5) is 17.9. The Morgan fingerprint density at radius 2 is 2.37 bits per heavy atom. The summed E-state index contributed by atoms with van der Waals surface area (Å²) in [7, 11) is 0. The van der Waals surface area contributed by atoms with Gasteiger partial charge < -0.3 is 15.6 Å². The van der Waals surface area contributed by atoms with E-state index < -0.39 is 0 Å². The van der Waals surface area contributed by atoms with Gasteiger partial charge >= 0.3 is 0 Å². The van der Waals surface area contributed by atoms with Gasteiger partial charge in [-0.05, 0) is 24.8 Å². The van der Waals surface area contributed by atoms with Crippen LogP contribution in [0.15, 0.2) is 18.3 Å². The molecule has 2 aliphatic rings. The number of carbonyl (C=O) groups is 1. The number of rotatable bonds is 2. The molecule has 4 N–H and O–H groups in total. The molecule has 0 saturated carbocycles. The Morgan fingerprint density at radius 3 is 3.21 bits per heavy atom. The van der Waals surface area contributed by atoms with Crippen LogP contribution in [0.2, 0.25) is 0 Å². The average Bonchev–Trinajstić information content (AvgIpc) is 2.46. The van der Waals surface area contributed by atoms with Crippen LogP contribution in [0.4, 0.5) is 11.5 Å². The summed E-state index contributed by atoms with van der Waals surface area (Å²) in [6, 6.07) is 4.32. The molecule has 0 aromatic carbocycles. The topological polar surface area (TPSA) is 83.3 Å². The average molecular weight is 261 g/mol. The third kappa shape index (κ3) is 2.49. The molecule has 6 heteroatoms. The molecular formula is C13H19N5O. The summed E-state index contributed by atoms with van der Waals surface area (Å²) in [5, 5.41) is 3.10. The van der Waals surface area contributed by atoms with Crippen LogP contribution >= 0.6 is 0 Å². The molecule has 3 rings (SSSR count).